The minimum atomic E-state index is -0.156. The second-order valence-corrected chi connectivity index (χ2v) is 6.52. The van der Waals surface area contributed by atoms with Gasteiger partial charge in [-0.3, -0.25) is 0 Å². The lowest BCUT2D eigenvalue weighted by atomic mass is 10.1. The molecule has 22 heavy (non-hydrogen) atoms. The number of nitrogens with one attached hydrogen (secondary N) is 1. The number of carbonyl (C=O) groups excluding carboxylic acids is 1. The number of morpholine rings is 1. The Morgan fingerprint density at radius 3 is 3.00 bits per heavy atom. The van der Waals surface area contributed by atoms with Crippen molar-refractivity contribution in [3.8, 4) is 0 Å². The molecule has 1 saturated heterocycles. The first-order valence-corrected chi connectivity index (χ1v) is 8.16. The molecule has 0 bridgehead atoms. The molecule has 1 aromatic carbocycles. The number of hydrogen-bond donors (Lipinski definition) is 1. The summed E-state index contributed by atoms with van der Waals surface area (Å²) in [6.07, 6.45) is 3.85. The molecule has 2 aliphatic carbocycles. The largest absolute Gasteiger partial charge is 0.377 e. The zero-order valence-corrected chi connectivity index (χ0v) is 12.6. The van der Waals surface area contributed by atoms with E-state index in [-0.39, 0.29) is 23.9 Å². The van der Waals surface area contributed by atoms with Crippen LogP contribution in [-0.4, -0.2) is 36.7 Å². The Labute approximate surface area is 129 Å². The van der Waals surface area contributed by atoms with Crippen LogP contribution in [0.3, 0.4) is 0 Å². The van der Waals surface area contributed by atoms with E-state index in [2.05, 4.69) is 5.32 Å². The van der Waals surface area contributed by atoms with Crippen LogP contribution in [0.2, 0.25) is 0 Å². The van der Waals surface area contributed by atoms with Crippen LogP contribution in [0.15, 0.2) is 18.2 Å². The summed E-state index contributed by atoms with van der Waals surface area (Å²) in [5, 5.41) is 3.11. The van der Waals surface area contributed by atoms with Crippen molar-refractivity contribution in [1.29, 1.82) is 0 Å². The Morgan fingerprint density at radius 2 is 2.18 bits per heavy atom. The van der Waals surface area contributed by atoms with Crippen LogP contribution in [0.4, 0.5) is 9.18 Å². The van der Waals surface area contributed by atoms with Crippen molar-refractivity contribution in [3.05, 3.63) is 35.1 Å². The van der Waals surface area contributed by atoms with Gasteiger partial charge >= 0.3 is 6.03 Å². The van der Waals surface area contributed by atoms with E-state index in [9.17, 15) is 9.18 Å². The Kier molecular flexibility index (Phi) is 3.53. The molecule has 118 valence electrons. The van der Waals surface area contributed by atoms with Gasteiger partial charge in [0.05, 0.1) is 25.3 Å². The van der Waals surface area contributed by atoms with E-state index in [0.717, 1.165) is 17.5 Å². The molecule has 2 fully saturated rings. The number of urea groups is 1. The van der Waals surface area contributed by atoms with Crippen molar-refractivity contribution in [1.82, 2.24) is 10.2 Å². The summed E-state index contributed by atoms with van der Waals surface area (Å²) in [5.74, 6) is 0.441. The summed E-state index contributed by atoms with van der Waals surface area (Å²) in [6.45, 7) is 1.90. The van der Waals surface area contributed by atoms with Gasteiger partial charge in [-0.2, -0.15) is 0 Å². The van der Waals surface area contributed by atoms with E-state index < -0.39 is 0 Å². The highest BCUT2D eigenvalue weighted by atomic mass is 19.1. The first kappa shape index (κ1) is 14.0. The maximum atomic E-state index is 13.8. The Morgan fingerprint density at radius 1 is 1.32 bits per heavy atom. The first-order chi connectivity index (χ1) is 10.7. The van der Waals surface area contributed by atoms with Crippen molar-refractivity contribution in [3.63, 3.8) is 0 Å². The van der Waals surface area contributed by atoms with Crippen LogP contribution in [0.1, 0.15) is 36.4 Å². The van der Waals surface area contributed by atoms with Gasteiger partial charge in [-0.15, -0.1) is 0 Å². The summed E-state index contributed by atoms with van der Waals surface area (Å²) in [4.78, 5) is 14.6. The fraction of sp³-hybridized carbons (Fsp3) is 0.588. The van der Waals surface area contributed by atoms with Gasteiger partial charge in [0.1, 0.15) is 5.82 Å². The quantitative estimate of drug-likeness (QED) is 0.912. The predicted molar refractivity (Wildman–Crippen MR) is 80.0 cm³/mol. The van der Waals surface area contributed by atoms with E-state index in [4.69, 9.17) is 4.74 Å². The molecule has 2 amide bonds. The molecule has 4 nitrogen and oxygen atoms in total. The lowest BCUT2D eigenvalue weighted by Crippen LogP contribution is -2.53. The summed E-state index contributed by atoms with van der Waals surface area (Å²) in [6, 6.07) is 5.26. The predicted octanol–water partition coefficient (Wildman–Crippen LogP) is 2.63. The van der Waals surface area contributed by atoms with E-state index >= 15 is 0 Å². The number of benzene rings is 1. The van der Waals surface area contributed by atoms with Gasteiger partial charge < -0.3 is 15.0 Å². The molecular formula is C17H21FN2O2. The first-order valence-electron chi connectivity index (χ1n) is 8.16. The topological polar surface area (TPSA) is 41.6 Å². The van der Waals surface area contributed by atoms with Crippen LogP contribution in [0, 0.1) is 11.7 Å². The maximum absolute atomic E-state index is 13.8. The van der Waals surface area contributed by atoms with E-state index in [1.165, 1.54) is 18.9 Å². The zero-order chi connectivity index (χ0) is 15.1. The van der Waals surface area contributed by atoms with Crippen LogP contribution in [0.25, 0.3) is 0 Å². The lowest BCUT2D eigenvalue weighted by molar-refractivity contribution is 0.00412. The number of carbonyl (C=O) groups is 1. The number of nitrogens with zero attached hydrogens (tertiary/aromatic N) is 1. The zero-order valence-electron chi connectivity index (χ0n) is 12.6. The van der Waals surface area contributed by atoms with Crippen molar-refractivity contribution in [2.24, 2.45) is 5.92 Å². The SMILES string of the molecule is O=C(N[C@H]1CCc2c(F)cccc21)N1CCOC[C@H]1C1CC1. The minimum absolute atomic E-state index is 0.0256. The van der Waals surface area contributed by atoms with Crippen LogP contribution >= 0.6 is 0 Å². The van der Waals surface area contributed by atoms with Crippen molar-refractivity contribution < 1.29 is 13.9 Å². The molecule has 4 rings (SSSR count). The summed E-state index contributed by atoms with van der Waals surface area (Å²) in [7, 11) is 0. The van der Waals surface area contributed by atoms with Crippen LogP contribution in [0.5, 0.6) is 0 Å². The fourth-order valence-corrected chi connectivity index (χ4v) is 3.74. The Bertz CT molecular complexity index is 588. The summed E-state index contributed by atoms with van der Waals surface area (Å²) >= 11 is 0. The van der Waals surface area contributed by atoms with Gasteiger partial charge in [0, 0.05) is 6.54 Å². The third-order valence-corrected chi connectivity index (χ3v) is 5.10. The second kappa shape index (κ2) is 5.54. The number of amides is 2. The van der Waals surface area contributed by atoms with Crippen molar-refractivity contribution in [2.75, 3.05) is 19.8 Å². The monoisotopic (exact) mass is 304 g/mol. The number of hydrogen-bond acceptors (Lipinski definition) is 2. The number of halogens is 1. The van der Waals surface area contributed by atoms with Crippen LogP contribution < -0.4 is 5.32 Å². The molecule has 0 aromatic heterocycles. The van der Waals surface area contributed by atoms with Gasteiger partial charge in [-0.25, -0.2) is 9.18 Å². The highest BCUT2D eigenvalue weighted by Crippen LogP contribution is 2.37. The number of ether oxygens (including phenoxy) is 1. The molecule has 0 spiro atoms. The van der Waals surface area contributed by atoms with E-state index in [0.29, 0.717) is 32.1 Å². The molecule has 0 unspecified atom stereocenters. The van der Waals surface area contributed by atoms with Crippen LogP contribution in [-0.2, 0) is 11.2 Å². The average Bonchev–Trinajstić information content (AvgIpc) is 3.30. The third kappa shape index (κ3) is 2.47. The molecule has 5 heteroatoms. The molecule has 1 N–H and O–H groups in total. The third-order valence-electron chi connectivity index (χ3n) is 5.10. The number of fused-ring (bicyclic) bond motifs is 1. The highest BCUT2D eigenvalue weighted by Gasteiger charge is 2.40. The highest BCUT2D eigenvalue weighted by molar-refractivity contribution is 5.75. The standard InChI is InChI=1S/C17H21FN2O2/c18-14-3-1-2-13-12(14)6-7-15(13)19-17(21)20-8-9-22-10-16(20)11-4-5-11/h1-3,11,15-16H,4-10H2,(H,19,21)/t15-,16-/m0/s1. The van der Waals surface area contributed by atoms with Gasteiger partial charge in [-0.1, -0.05) is 12.1 Å². The van der Waals surface area contributed by atoms with Gasteiger partial charge in [0.2, 0.25) is 0 Å². The average molecular weight is 304 g/mol. The molecule has 1 aromatic rings. The second-order valence-electron chi connectivity index (χ2n) is 6.52. The molecule has 1 saturated carbocycles. The normalized spacial score (nSPS) is 27.6. The molecule has 2 atom stereocenters. The molecule has 0 radical (unpaired) electrons. The molecular weight excluding hydrogens is 283 g/mol. The number of rotatable bonds is 2. The summed E-state index contributed by atoms with van der Waals surface area (Å²) in [5.41, 5.74) is 1.69. The van der Waals surface area contributed by atoms with Gasteiger partial charge in [0.25, 0.3) is 0 Å². The van der Waals surface area contributed by atoms with Gasteiger partial charge in [0.15, 0.2) is 0 Å². The Balaban J connectivity index is 1.47. The van der Waals surface area contributed by atoms with E-state index in [1.54, 1.807) is 6.07 Å². The summed E-state index contributed by atoms with van der Waals surface area (Å²) < 4.78 is 19.3. The molecule has 3 aliphatic rings. The minimum Gasteiger partial charge on any atom is -0.377 e. The van der Waals surface area contributed by atoms with Crippen molar-refractivity contribution >= 4 is 6.03 Å². The molecule has 1 aliphatic heterocycles. The molecule has 1 heterocycles. The van der Waals surface area contributed by atoms with Crippen molar-refractivity contribution in [2.45, 2.75) is 37.8 Å². The Hall–Kier alpha value is -1.62. The van der Waals surface area contributed by atoms with Gasteiger partial charge in [-0.05, 0) is 48.8 Å². The maximum Gasteiger partial charge on any atom is 0.318 e. The smallest absolute Gasteiger partial charge is 0.318 e. The fourth-order valence-electron chi connectivity index (χ4n) is 3.74. The van der Waals surface area contributed by atoms with E-state index in [1.807, 2.05) is 11.0 Å². The lowest BCUT2D eigenvalue weighted by Gasteiger charge is -2.36.